The quantitative estimate of drug-likeness (QED) is 0.876. The van der Waals surface area contributed by atoms with Crippen LogP contribution in [0.1, 0.15) is 25.1 Å². The Kier molecular flexibility index (Phi) is 4.32. The molecule has 0 spiro atoms. The van der Waals surface area contributed by atoms with Crippen LogP contribution in [-0.2, 0) is 12.7 Å². The molecule has 0 saturated carbocycles. The molecule has 0 aliphatic rings. The Labute approximate surface area is 119 Å². The molecule has 21 heavy (non-hydrogen) atoms. The van der Waals surface area contributed by atoms with Crippen molar-refractivity contribution in [2.75, 3.05) is 0 Å². The Hall–Kier alpha value is -1.89. The molecule has 0 bridgehead atoms. The minimum Gasteiger partial charge on any atom is -0.310 e. The van der Waals surface area contributed by atoms with Gasteiger partial charge in [-0.2, -0.15) is 18.3 Å². The predicted octanol–water partition coefficient (Wildman–Crippen LogP) is 3.53. The summed E-state index contributed by atoms with van der Waals surface area (Å²) in [6.07, 6.45) is -3.36. The summed E-state index contributed by atoms with van der Waals surface area (Å²) in [4.78, 5) is 0. The summed E-state index contributed by atoms with van der Waals surface area (Å²) in [6.45, 7) is 3.75. The summed E-state index contributed by atoms with van der Waals surface area (Å²) in [5, 5.41) is 6.73. The van der Waals surface area contributed by atoms with Gasteiger partial charge in [0.05, 0.1) is 11.9 Å². The van der Waals surface area contributed by atoms with Crippen LogP contribution in [-0.4, -0.2) is 15.8 Å². The number of rotatable bonds is 4. The highest BCUT2D eigenvalue weighted by atomic mass is 19.4. The van der Waals surface area contributed by atoms with Crippen LogP contribution in [0.4, 0.5) is 17.6 Å². The van der Waals surface area contributed by atoms with Crippen molar-refractivity contribution in [2.45, 2.75) is 32.6 Å². The van der Waals surface area contributed by atoms with Crippen molar-refractivity contribution in [3.8, 4) is 5.69 Å². The van der Waals surface area contributed by atoms with Crippen LogP contribution in [0.2, 0.25) is 0 Å². The summed E-state index contributed by atoms with van der Waals surface area (Å²) in [5.41, 5.74) is -0.623. The number of halogens is 4. The maximum Gasteiger partial charge on any atom is 0.433 e. The zero-order valence-corrected chi connectivity index (χ0v) is 11.6. The molecule has 0 fully saturated rings. The number of nitrogens with zero attached hydrogens (tertiary/aromatic N) is 2. The van der Waals surface area contributed by atoms with Gasteiger partial charge in [-0.3, -0.25) is 0 Å². The first-order valence-electron chi connectivity index (χ1n) is 6.42. The molecular weight excluding hydrogens is 286 g/mol. The third-order valence-corrected chi connectivity index (χ3v) is 2.89. The van der Waals surface area contributed by atoms with Gasteiger partial charge in [-0.05, 0) is 24.3 Å². The standard InChI is InChI=1S/C14H15F4N3/c1-9(2)19-7-10-8-20-21(13(10)14(16,17)18)12-5-3-11(15)4-6-12/h3-6,8-9,19H,7H2,1-2H3. The van der Waals surface area contributed by atoms with E-state index in [2.05, 4.69) is 10.4 Å². The molecule has 3 nitrogen and oxygen atoms in total. The van der Waals surface area contributed by atoms with Crippen molar-refractivity contribution in [2.24, 2.45) is 0 Å². The summed E-state index contributed by atoms with van der Waals surface area (Å²) in [6, 6.07) is 4.78. The van der Waals surface area contributed by atoms with Crippen LogP contribution in [0, 0.1) is 5.82 Å². The molecule has 1 aromatic carbocycles. The average Bonchev–Trinajstić information content (AvgIpc) is 2.81. The van der Waals surface area contributed by atoms with Crippen LogP contribution in [0.25, 0.3) is 5.69 Å². The van der Waals surface area contributed by atoms with Crippen LogP contribution >= 0.6 is 0 Å². The first kappa shape index (κ1) is 15.5. The largest absolute Gasteiger partial charge is 0.433 e. The molecule has 1 aromatic heterocycles. The van der Waals surface area contributed by atoms with Crippen molar-refractivity contribution >= 4 is 0 Å². The normalized spacial score (nSPS) is 12.1. The molecule has 0 aliphatic heterocycles. The number of hydrogen-bond donors (Lipinski definition) is 1. The summed E-state index contributed by atoms with van der Waals surface area (Å²) in [5.74, 6) is -0.513. The van der Waals surface area contributed by atoms with E-state index in [-0.39, 0.29) is 23.8 Å². The van der Waals surface area contributed by atoms with Gasteiger partial charge in [0.25, 0.3) is 0 Å². The molecule has 114 valence electrons. The molecule has 7 heteroatoms. The van der Waals surface area contributed by atoms with Gasteiger partial charge in [-0.25, -0.2) is 9.07 Å². The van der Waals surface area contributed by atoms with E-state index in [9.17, 15) is 17.6 Å². The predicted molar refractivity (Wildman–Crippen MR) is 70.5 cm³/mol. The fourth-order valence-electron chi connectivity index (χ4n) is 1.91. The van der Waals surface area contributed by atoms with Gasteiger partial charge in [-0.15, -0.1) is 0 Å². The van der Waals surface area contributed by atoms with Gasteiger partial charge in [0.1, 0.15) is 5.82 Å². The van der Waals surface area contributed by atoms with E-state index >= 15 is 0 Å². The van der Waals surface area contributed by atoms with Crippen LogP contribution < -0.4 is 5.32 Å². The lowest BCUT2D eigenvalue weighted by molar-refractivity contribution is -0.143. The Morgan fingerprint density at radius 3 is 2.33 bits per heavy atom. The van der Waals surface area contributed by atoms with E-state index < -0.39 is 17.7 Å². The zero-order chi connectivity index (χ0) is 15.6. The summed E-state index contributed by atoms with van der Waals surface area (Å²) < 4.78 is 53.5. The second kappa shape index (κ2) is 5.85. The van der Waals surface area contributed by atoms with E-state index in [4.69, 9.17) is 0 Å². The lowest BCUT2D eigenvalue weighted by Crippen LogP contribution is -2.24. The Morgan fingerprint density at radius 2 is 1.81 bits per heavy atom. The van der Waals surface area contributed by atoms with Crippen LogP contribution in [0.3, 0.4) is 0 Å². The number of benzene rings is 1. The molecule has 0 aliphatic carbocycles. The van der Waals surface area contributed by atoms with Crippen LogP contribution in [0.5, 0.6) is 0 Å². The average molecular weight is 301 g/mol. The number of nitrogens with one attached hydrogen (secondary N) is 1. The van der Waals surface area contributed by atoms with Gasteiger partial charge in [-0.1, -0.05) is 13.8 Å². The highest BCUT2D eigenvalue weighted by Crippen LogP contribution is 2.33. The lowest BCUT2D eigenvalue weighted by atomic mass is 10.2. The molecule has 2 rings (SSSR count). The van der Waals surface area contributed by atoms with Crippen molar-refractivity contribution in [1.29, 1.82) is 0 Å². The van der Waals surface area contributed by atoms with Crippen molar-refractivity contribution in [3.63, 3.8) is 0 Å². The number of alkyl halides is 3. The Morgan fingerprint density at radius 1 is 1.19 bits per heavy atom. The molecular formula is C14H15F4N3. The minimum atomic E-state index is -4.54. The molecule has 2 aromatic rings. The topological polar surface area (TPSA) is 29.9 Å². The molecule has 0 amide bonds. The number of aromatic nitrogens is 2. The zero-order valence-electron chi connectivity index (χ0n) is 11.6. The summed E-state index contributed by atoms with van der Waals surface area (Å²) in [7, 11) is 0. The molecule has 0 saturated heterocycles. The third kappa shape index (κ3) is 3.60. The van der Waals surface area contributed by atoms with E-state index in [1.54, 1.807) is 0 Å². The second-order valence-corrected chi connectivity index (χ2v) is 4.94. The first-order chi connectivity index (χ1) is 9.79. The van der Waals surface area contributed by atoms with E-state index in [0.717, 1.165) is 16.8 Å². The highest BCUT2D eigenvalue weighted by Gasteiger charge is 2.38. The maximum atomic E-state index is 13.3. The van der Waals surface area contributed by atoms with Crippen molar-refractivity contribution < 1.29 is 17.6 Å². The highest BCUT2D eigenvalue weighted by molar-refractivity contribution is 5.36. The molecule has 1 heterocycles. The summed E-state index contributed by atoms with van der Waals surface area (Å²) >= 11 is 0. The van der Waals surface area contributed by atoms with Crippen molar-refractivity contribution in [3.05, 3.63) is 47.5 Å². The fourth-order valence-corrected chi connectivity index (χ4v) is 1.91. The van der Waals surface area contributed by atoms with Gasteiger partial charge in [0.2, 0.25) is 0 Å². The van der Waals surface area contributed by atoms with Crippen molar-refractivity contribution in [1.82, 2.24) is 15.1 Å². The Bertz CT molecular complexity index is 600. The Balaban J connectivity index is 2.44. The van der Waals surface area contributed by atoms with Gasteiger partial charge >= 0.3 is 6.18 Å². The molecule has 0 radical (unpaired) electrons. The van der Waals surface area contributed by atoms with E-state index in [1.165, 1.54) is 18.3 Å². The molecule has 0 atom stereocenters. The van der Waals surface area contributed by atoms with Gasteiger partial charge < -0.3 is 5.32 Å². The maximum absolute atomic E-state index is 13.3. The van der Waals surface area contributed by atoms with Gasteiger partial charge in [0.15, 0.2) is 5.69 Å². The minimum absolute atomic E-state index is 0.0558. The fraction of sp³-hybridized carbons (Fsp3) is 0.357. The third-order valence-electron chi connectivity index (χ3n) is 2.89. The van der Waals surface area contributed by atoms with Gasteiger partial charge in [0, 0.05) is 18.2 Å². The monoisotopic (exact) mass is 301 g/mol. The molecule has 1 N–H and O–H groups in total. The first-order valence-corrected chi connectivity index (χ1v) is 6.42. The van der Waals surface area contributed by atoms with E-state index in [1.807, 2.05) is 13.8 Å². The number of hydrogen-bond acceptors (Lipinski definition) is 2. The SMILES string of the molecule is CC(C)NCc1cnn(-c2ccc(F)cc2)c1C(F)(F)F. The smallest absolute Gasteiger partial charge is 0.310 e. The second-order valence-electron chi connectivity index (χ2n) is 4.94. The molecule has 0 unspecified atom stereocenters. The lowest BCUT2D eigenvalue weighted by Gasteiger charge is -2.14. The van der Waals surface area contributed by atoms with Crippen LogP contribution in [0.15, 0.2) is 30.5 Å². The van der Waals surface area contributed by atoms with E-state index in [0.29, 0.717) is 0 Å².